The highest BCUT2D eigenvalue weighted by molar-refractivity contribution is 8.53. The molecule has 0 aliphatic carbocycles. The lowest BCUT2D eigenvalue weighted by Crippen LogP contribution is -2.17. The molecule has 0 amide bonds. The van der Waals surface area contributed by atoms with Gasteiger partial charge in [-0.25, -0.2) is 9.16 Å². The largest absolute Gasteiger partial charge is 0.245 e. The summed E-state index contributed by atoms with van der Waals surface area (Å²) in [5.74, 6) is 1.75. The first-order chi connectivity index (χ1) is 6.54. The number of rotatable bonds is 5. The minimum atomic E-state index is -1.99. The van der Waals surface area contributed by atoms with Crippen molar-refractivity contribution in [2.45, 2.75) is 27.2 Å². The zero-order valence-corrected chi connectivity index (χ0v) is 10.7. The Kier molecular flexibility index (Phi) is 5.01. The fourth-order valence-electron chi connectivity index (χ4n) is 1.55. The Hall–Kier alpha value is -0.680. The lowest BCUT2D eigenvalue weighted by Gasteiger charge is -2.51. The molecule has 0 fully saturated rings. The van der Waals surface area contributed by atoms with Gasteiger partial charge in [0.25, 0.3) is 0 Å². The number of nitriles is 1. The Morgan fingerprint density at radius 3 is 2.29 bits per heavy atom. The summed E-state index contributed by atoms with van der Waals surface area (Å²) in [7, 11) is -1.99. The standard InChI is InChI=1S/C12H23NS/c1-5-8-11-14(4,7-3,10-6-2)12-9-13/h6,8,10-11,14H,5,7,12H2,1-4H3/b10-6-,11-8-. The van der Waals surface area contributed by atoms with Gasteiger partial charge in [-0.15, -0.1) is 0 Å². The Balaban J connectivity index is 5.17. The molecule has 0 N–H and O–H groups in total. The van der Waals surface area contributed by atoms with Gasteiger partial charge in [0.1, 0.15) is 0 Å². The third kappa shape index (κ3) is 3.23. The van der Waals surface area contributed by atoms with Crippen molar-refractivity contribution in [1.29, 1.82) is 5.26 Å². The van der Waals surface area contributed by atoms with Crippen LogP contribution in [0.4, 0.5) is 0 Å². The van der Waals surface area contributed by atoms with E-state index in [1.807, 2.05) is 6.92 Å². The molecule has 0 spiro atoms. The molecular weight excluding hydrogens is 190 g/mol. The van der Waals surface area contributed by atoms with Crippen LogP contribution in [-0.4, -0.2) is 17.8 Å². The molecule has 2 heteroatoms. The Bertz CT molecular complexity index is 275. The van der Waals surface area contributed by atoms with Gasteiger partial charge in [-0.2, -0.15) is 5.26 Å². The zero-order chi connectivity index (χ0) is 11.1. The fraction of sp³-hybridized carbons (Fsp3) is 0.583. The molecule has 0 heterocycles. The lowest BCUT2D eigenvalue weighted by atomic mass is 10.5. The van der Waals surface area contributed by atoms with Gasteiger partial charge in [-0.1, -0.05) is 36.8 Å². The van der Waals surface area contributed by atoms with Crippen LogP contribution in [0.15, 0.2) is 23.0 Å². The molecule has 0 aliphatic rings. The second-order valence-corrected chi connectivity index (χ2v) is 10.2. The van der Waals surface area contributed by atoms with E-state index in [9.17, 15) is 0 Å². The Morgan fingerprint density at radius 1 is 1.29 bits per heavy atom. The van der Waals surface area contributed by atoms with Gasteiger partial charge in [0.2, 0.25) is 0 Å². The van der Waals surface area contributed by atoms with Crippen LogP contribution in [-0.2, 0) is 0 Å². The number of hydrogen-bond acceptors (Lipinski definition) is 1. The zero-order valence-electron chi connectivity index (χ0n) is 9.83. The maximum atomic E-state index is 8.94. The molecule has 1 nitrogen and oxygen atoms in total. The van der Waals surface area contributed by atoms with E-state index in [2.05, 4.69) is 49.1 Å². The second-order valence-electron chi connectivity index (χ2n) is 4.16. The summed E-state index contributed by atoms with van der Waals surface area (Å²) in [6.45, 7) is 6.36. The summed E-state index contributed by atoms with van der Waals surface area (Å²) in [4.78, 5) is 0. The van der Waals surface area contributed by atoms with E-state index >= 15 is 0 Å². The maximum Gasteiger partial charge on any atom is 0.0706 e. The summed E-state index contributed by atoms with van der Waals surface area (Å²) in [6, 6.07) is 2.35. The molecule has 0 aromatic heterocycles. The van der Waals surface area contributed by atoms with E-state index in [-0.39, 0.29) is 0 Å². The van der Waals surface area contributed by atoms with Crippen LogP contribution in [0.1, 0.15) is 27.2 Å². The monoisotopic (exact) mass is 213 g/mol. The van der Waals surface area contributed by atoms with Gasteiger partial charge in [0.05, 0.1) is 11.8 Å². The van der Waals surface area contributed by atoms with Crippen molar-refractivity contribution in [3.05, 3.63) is 23.0 Å². The molecule has 82 valence electrons. The Morgan fingerprint density at radius 2 is 1.93 bits per heavy atom. The first-order valence-electron chi connectivity index (χ1n) is 5.24. The van der Waals surface area contributed by atoms with E-state index in [0.717, 1.165) is 12.2 Å². The SMILES string of the molecule is C/C=C\[SH](C)(/C=C\CC)(CC)CC#N. The van der Waals surface area contributed by atoms with E-state index < -0.39 is 9.16 Å². The first-order valence-corrected chi connectivity index (χ1v) is 8.43. The molecule has 14 heavy (non-hydrogen) atoms. The third-order valence-electron chi connectivity index (χ3n) is 2.81. The van der Waals surface area contributed by atoms with Crippen molar-refractivity contribution in [3.63, 3.8) is 0 Å². The van der Waals surface area contributed by atoms with E-state index in [4.69, 9.17) is 5.26 Å². The van der Waals surface area contributed by atoms with Crippen LogP contribution in [0.5, 0.6) is 0 Å². The van der Waals surface area contributed by atoms with Crippen LogP contribution in [0, 0.1) is 11.3 Å². The first kappa shape index (κ1) is 13.3. The third-order valence-corrected chi connectivity index (χ3v) is 7.96. The van der Waals surface area contributed by atoms with Crippen LogP contribution in [0.25, 0.3) is 0 Å². The average Bonchev–Trinajstić information content (AvgIpc) is 2.16. The molecule has 0 rings (SSSR count). The second kappa shape index (κ2) is 5.26. The normalized spacial score (nSPS) is 15.5. The molecule has 0 saturated heterocycles. The van der Waals surface area contributed by atoms with Crippen LogP contribution < -0.4 is 0 Å². The minimum absolute atomic E-state index is 0.670. The van der Waals surface area contributed by atoms with Crippen LogP contribution in [0.2, 0.25) is 0 Å². The summed E-state index contributed by atoms with van der Waals surface area (Å²) in [6.07, 6.45) is 7.63. The number of allylic oxidation sites excluding steroid dienone is 2. The van der Waals surface area contributed by atoms with Crippen molar-refractivity contribution in [2.24, 2.45) is 0 Å². The van der Waals surface area contributed by atoms with Crippen molar-refractivity contribution >= 4 is 9.16 Å². The van der Waals surface area contributed by atoms with Crippen molar-refractivity contribution in [1.82, 2.24) is 0 Å². The number of hydrogen-bond donors (Lipinski definition) is 1. The van der Waals surface area contributed by atoms with E-state index in [1.54, 1.807) is 0 Å². The van der Waals surface area contributed by atoms with Crippen molar-refractivity contribution < 1.29 is 0 Å². The molecule has 0 unspecified atom stereocenters. The summed E-state index contributed by atoms with van der Waals surface area (Å²) in [5.41, 5.74) is 0. The van der Waals surface area contributed by atoms with Gasteiger partial charge in [-0.05, 0) is 25.4 Å². The van der Waals surface area contributed by atoms with E-state index in [1.165, 1.54) is 0 Å². The van der Waals surface area contributed by atoms with Gasteiger partial charge < -0.3 is 0 Å². The molecule has 0 aromatic rings. The molecule has 0 aromatic carbocycles. The van der Waals surface area contributed by atoms with Gasteiger partial charge in [-0.3, -0.25) is 0 Å². The topological polar surface area (TPSA) is 23.8 Å². The fourth-order valence-corrected chi connectivity index (χ4v) is 4.64. The average molecular weight is 213 g/mol. The molecular formula is C12H23NS. The lowest BCUT2D eigenvalue weighted by molar-refractivity contribution is 1.23. The van der Waals surface area contributed by atoms with Crippen LogP contribution >= 0.6 is 9.16 Å². The minimum Gasteiger partial charge on any atom is -0.245 e. The molecule has 0 aliphatic heterocycles. The van der Waals surface area contributed by atoms with Gasteiger partial charge in [0, 0.05) is 0 Å². The summed E-state index contributed by atoms with van der Waals surface area (Å²) < 4.78 is 0. The van der Waals surface area contributed by atoms with Crippen molar-refractivity contribution in [2.75, 3.05) is 17.8 Å². The van der Waals surface area contributed by atoms with Gasteiger partial charge >= 0.3 is 0 Å². The molecule has 0 radical (unpaired) electrons. The quantitative estimate of drug-likeness (QED) is 0.692. The highest BCUT2D eigenvalue weighted by atomic mass is 32.3. The Labute approximate surface area is 88.8 Å². The highest BCUT2D eigenvalue weighted by Gasteiger charge is 2.28. The smallest absolute Gasteiger partial charge is 0.0706 e. The number of nitrogens with zero attached hydrogens (tertiary/aromatic N) is 1. The highest BCUT2D eigenvalue weighted by Crippen LogP contribution is 2.68. The van der Waals surface area contributed by atoms with Crippen molar-refractivity contribution in [3.8, 4) is 6.07 Å². The maximum absolute atomic E-state index is 8.94. The van der Waals surface area contributed by atoms with Gasteiger partial charge in [0.15, 0.2) is 0 Å². The summed E-state index contributed by atoms with van der Waals surface area (Å²) >= 11 is 0. The molecule has 0 atom stereocenters. The number of thiol groups is 1. The molecule has 0 saturated carbocycles. The predicted octanol–water partition coefficient (Wildman–Crippen LogP) is 3.69. The molecule has 0 bridgehead atoms. The summed E-state index contributed by atoms with van der Waals surface area (Å²) in [5, 5.41) is 13.5. The van der Waals surface area contributed by atoms with E-state index in [0.29, 0.717) is 5.75 Å². The predicted molar refractivity (Wildman–Crippen MR) is 70.2 cm³/mol. The van der Waals surface area contributed by atoms with Crippen LogP contribution in [0.3, 0.4) is 0 Å².